The molecule has 4 aromatic rings. The minimum atomic E-state index is -4.71. The molecule has 2 aromatic heterocycles. The largest absolute Gasteiger partial charge is 0.573 e. The molecule has 238 valence electrons. The molecule has 0 saturated carbocycles. The van der Waals surface area contributed by atoms with E-state index in [9.17, 15) is 18.0 Å². The first-order valence-corrected chi connectivity index (χ1v) is 16.2. The number of nitrogens with one attached hydrogen (secondary N) is 1. The van der Waals surface area contributed by atoms with Crippen LogP contribution in [0, 0.1) is 13.8 Å². The van der Waals surface area contributed by atoms with Gasteiger partial charge in [0.1, 0.15) is 5.75 Å². The minimum absolute atomic E-state index is 0.0482. The number of carbonyl (C=O) groups excluding carboxylic acids is 1. The number of alkyl halides is 3. The molecule has 1 N–H and O–H groups in total. The normalized spacial score (nSPS) is 15.1. The second-order valence-electron chi connectivity index (χ2n) is 11.7. The van der Waals surface area contributed by atoms with Gasteiger partial charge in [0, 0.05) is 61.9 Å². The third-order valence-corrected chi connectivity index (χ3v) is 9.25. The highest BCUT2D eigenvalue weighted by Gasteiger charge is 2.31. The van der Waals surface area contributed by atoms with Gasteiger partial charge in [-0.2, -0.15) is 11.3 Å². The van der Waals surface area contributed by atoms with Crippen molar-refractivity contribution in [1.29, 1.82) is 0 Å². The molecule has 1 amide bonds. The number of piperidine rings is 1. The number of benzene rings is 2. The number of halogens is 3. The average Bonchev–Trinajstić information content (AvgIpc) is 3.53. The van der Waals surface area contributed by atoms with Crippen molar-refractivity contribution < 1.29 is 22.7 Å². The van der Waals surface area contributed by atoms with Crippen LogP contribution in [0.5, 0.6) is 5.75 Å². The Hall–Kier alpha value is -3.89. The SMILES string of the molecule is Cc1cc(-c2ccncc2)cc(C)c1C(=O)NCC[C@@H](C)N1CCC(N(Cc2ccsc2)c2ccc(OC(F)(F)F)cc2)CC1. The second-order valence-corrected chi connectivity index (χ2v) is 12.5. The van der Waals surface area contributed by atoms with Crippen LogP contribution in [0.3, 0.4) is 0 Å². The second kappa shape index (κ2) is 14.5. The standard InChI is InChI=1S/C35H39F3N4O2S/c1-24-20-29(28-9-14-39-15-10-28)21-25(2)33(24)34(43)40-16-8-26(3)41-17-11-31(12-18-41)42(22-27-13-19-45-23-27)30-4-6-32(7-5-30)44-35(36,37)38/h4-7,9-10,13-15,19-21,23,26,31H,8,11-12,16-18,22H2,1-3H3,(H,40,43)/t26-/m1/s1. The van der Waals surface area contributed by atoms with Crippen LogP contribution >= 0.6 is 11.3 Å². The van der Waals surface area contributed by atoms with Crippen LogP contribution in [-0.2, 0) is 6.54 Å². The number of ether oxygens (including phenoxy) is 1. The molecule has 10 heteroatoms. The lowest BCUT2D eigenvalue weighted by molar-refractivity contribution is -0.274. The molecule has 3 heterocycles. The molecule has 1 aliphatic heterocycles. The van der Waals surface area contributed by atoms with E-state index in [-0.39, 0.29) is 17.7 Å². The lowest BCUT2D eigenvalue weighted by Gasteiger charge is -2.42. The number of hydrogen-bond donors (Lipinski definition) is 1. The Balaban J connectivity index is 1.15. The summed E-state index contributed by atoms with van der Waals surface area (Å²) in [5.74, 6) is -0.266. The maximum Gasteiger partial charge on any atom is 0.573 e. The zero-order valence-corrected chi connectivity index (χ0v) is 26.6. The first-order valence-electron chi connectivity index (χ1n) is 15.2. The quantitative estimate of drug-likeness (QED) is 0.181. The minimum Gasteiger partial charge on any atom is -0.406 e. The van der Waals surface area contributed by atoms with E-state index in [0.29, 0.717) is 19.1 Å². The molecule has 1 atom stereocenters. The predicted molar refractivity (Wildman–Crippen MR) is 174 cm³/mol. The Kier molecular flexibility index (Phi) is 10.5. The monoisotopic (exact) mass is 636 g/mol. The summed E-state index contributed by atoms with van der Waals surface area (Å²) in [6, 6.07) is 16.9. The summed E-state index contributed by atoms with van der Waals surface area (Å²) >= 11 is 1.63. The maximum absolute atomic E-state index is 13.2. The Morgan fingerprint density at radius 3 is 2.31 bits per heavy atom. The van der Waals surface area contributed by atoms with Crippen molar-refractivity contribution in [1.82, 2.24) is 15.2 Å². The third kappa shape index (κ3) is 8.64. The van der Waals surface area contributed by atoms with Crippen LogP contribution < -0.4 is 15.0 Å². The highest BCUT2D eigenvalue weighted by Crippen LogP contribution is 2.31. The van der Waals surface area contributed by atoms with Crippen molar-refractivity contribution in [2.45, 2.75) is 65.0 Å². The van der Waals surface area contributed by atoms with Crippen LogP contribution in [-0.4, -0.2) is 53.9 Å². The zero-order chi connectivity index (χ0) is 32.0. The number of aromatic nitrogens is 1. The van der Waals surface area contributed by atoms with Gasteiger partial charge in [0.2, 0.25) is 0 Å². The number of nitrogens with zero attached hydrogens (tertiary/aromatic N) is 3. The van der Waals surface area contributed by atoms with Crippen molar-refractivity contribution in [3.8, 4) is 16.9 Å². The molecule has 1 saturated heterocycles. The van der Waals surface area contributed by atoms with E-state index in [1.54, 1.807) is 35.9 Å². The molecule has 6 nitrogen and oxygen atoms in total. The van der Waals surface area contributed by atoms with Gasteiger partial charge in [0.25, 0.3) is 5.91 Å². The summed E-state index contributed by atoms with van der Waals surface area (Å²) in [6.45, 7) is 9.25. The number of rotatable bonds is 11. The van der Waals surface area contributed by atoms with Crippen LogP contribution in [0.4, 0.5) is 18.9 Å². The van der Waals surface area contributed by atoms with Crippen molar-refractivity contribution in [2.24, 2.45) is 0 Å². The first kappa shape index (κ1) is 32.5. The highest BCUT2D eigenvalue weighted by atomic mass is 32.1. The van der Waals surface area contributed by atoms with Crippen molar-refractivity contribution >= 4 is 22.9 Å². The molecule has 5 rings (SSSR count). The molecule has 0 bridgehead atoms. The van der Waals surface area contributed by atoms with Crippen molar-refractivity contribution in [3.05, 3.63) is 100 Å². The summed E-state index contributed by atoms with van der Waals surface area (Å²) < 4.78 is 42.1. The fraction of sp³-hybridized carbons (Fsp3) is 0.371. The van der Waals surface area contributed by atoms with Gasteiger partial charge in [0.15, 0.2) is 0 Å². The summed E-state index contributed by atoms with van der Waals surface area (Å²) in [5, 5.41) is 7.29. The van der Waals surface area contributed by atoms with Gasteiger partial charge >= 0.3 is 6.36 Å². The van der Waals surface area contributed by atoms with E-state index in [0.717, 1.165) is 65.9 Å². The molecule has 0 unspecified atom stereocenters. The van der Waals surface area contributed by atoms with Gasteiger partial charge in [-0.05, 0) is 121 Å². The average molecular weight is 637 g/mol. The number of carbonyl (C=O) groups is 1. The van der Waals surface area contributed by atoms with E-state index in [1.807, 2.05) is 31.4 Å². The summed E-state index contributed by atoms with van der Waals surface area (Å²) in [6.07, 6.45) is 1.53. The Labute approximate surface area is 266 Å². The number of thiophene rings is 1. The predicted octanol–water partition coefficient (Wildman–Crippen LogP) is 8.01. The van der Waals surface area contributed by atoms with E-state index in [2.05, 4.69) is 55.3 Å². The lowest BCUT2D eigenvalue weighted by Crippen LogP contribution is -2.48. The molecule has 0 aliphatic carbocycles. The van der Waals surface area contributed by atoms with E-state index in [4.69, 9.17) is 0 Å². The zero-order valence-electron chi connectivity index (χ0n) is 25.8. The smallest absolute Gasteiger partial charge is 0.406 e. The van der Waals surface area contributed by atoms with Crippen LogP contribution in [0.2, 0.25) is 0 Å². The number of pyridine rings is 1. The molecule has 0 spiro atoms. The molecule has 2 aromatic carbocycles. The number of aryl methyl sites for hydroxylation is 2. The maximum atomic E-state index is 13.2. The molecular weight excluding hydrogens is 597 g/mol. The fourth-order valence-corrected chi connectivity index (χ4v) is 6.85. The molecule has 1 aliphatic rings. The van der Waals surface area contributed by atoms with E-state index >= 15 is 0 Å². The first-order chi connectivity index (χ1) is 21.6. The summed E-state index contributed by atoms with van der Waals surface area (Å²) in [4.78, 5) is 22.0. The van der Waals surface area contributed by atoms with Crippen LogP contribution in [0.15, 0.2) is 77.8 Å². The van der Waals surface area contributed by atoms with E-state index < -0.39 is 6.36 Å². The summed E-state index contributed by atoms with van der Waals surface area (Å²) in [5.41, 5.74) is 6.83. The fourth-order valence-electron chi connectivity index (χ4n) is 6.19. The van der Waals surface area contributed by atoms with E-state index in [1.165, 1.54) is 17.7 Å². The molecule has 45 heavy (non-hydrogen) atoms. The number of likely N-dealkylation sites (tertiary alicyclic amines) is 1. The van der Waals surface area contributed by atoms with Crippen LogP contribution in [0.25, 0.3) is 11.1 Å². The molecular formula is C35H39F3N4O2S. The highest BCUT2D eigenvalue weighted by molar-refractivity contribution is 7.07. The molecule has 0 radical (unpaired) electrons. The Morgan fingerprint density at radius 2 is 1.71 bits per heavy atom. The van der Waals surface area contributed by atoms with Crippen molar-refractivity contribution in [2.75, 3.05) is 24.5 Å². The van der Waals surface area contributed by atoms with Gasteiger partial charge in [-0.25, -0.2) is 0 Å². The van der Waals surface area contributed by atoms with Gasteiger partial charge < -0.3 is 19.9 Å². The van der Waals surface area contributed by atoms with Gasteiger partial charge in [-0.3, -0.25) is 9.78 Å². The van der Waals surface area contributed by atoms with Gasteiger partial charge in [-0.15, -0.1) is 13.2 Å². The number of amides is 1. The van der Waals surface area contributed by atoms with Gasteiger partial charge in [-0.1, -0.05) is 12.1 Å². The van der Waals surface area contributed by atoms with Crippen molar-refractivity contribution in [3.63, 3.8) is 0 Å². The lowest BCUT2D eigenvalue weighted by atomic mass is 9.95. The third-order valence-electron chi connectivity index (χ3n) is 8.52. The Morgan fingerprint density at radius 1 is 1.04 bits per heavy atom. The summed E-state index contributed by atoms with van der Waals surface area (Å²) in [7, 11) is 0. The van der Waals surface area contributed by atoms with Gasteiger partial charge in [0.05, 0.1) is 0 Å². The van der Waals surface area contributed by atoms with Crippen LogP contribution in [0.1, 0.15) is 53.2 Å². The molecule has 1 fully saturated rings. The number of hydrogen-bond acceptors (Lipinski definition) is 6. The topological polar surface area (TPSA) is 57.7 Å². The number of anilines is 1. The Bertz CT molecular complexity index is 1510.